The molecule has 0 bridgehead atoms. The molecule has 0 rings (SSSR count). The first-order chi connectivity index (χ1) is 2.77. The summed E-state index contributed by atoms with van der Waals surface area (Å²) >= 11 is 1.06. The number of carbonyl (C=O) groups is 1. The van der Waals surface area contributed by atoms with Gasteiger partial charge in [0, 0.05) is 6.26 Å². The van der Waals surface area contributed by atoms with Crippen LogP contribution in [-0.2, 0) is 4.79 Å². The number of hydrogen-bond donors (Lipinski definition) is 1. The molecule has 0 amide bonds. The Morgan fingerprint density at radius 3 is 2.50 bits per heavy atom. The number of carboxylic acids is 1. The predicted molar refractivity (Wildman–Crippen MR) is 25.5 cm³/mol. The van der Waals surface area contributed by atoms with E-state index in [1.165, 1.54) is 0 Å². The van der Waals surface area contributed by atoms with Crippen LogP contribution >= 0.6 is 11.8 Å². The van der Waals surface area contributed by atoms with Crippen molar-refractivity contribution in [1.29, 1.82) is 0 Å². The van der Waals surface area contributed by atoms with Gasteiger partial charge in [0.05, 0.1) is 5.75 Å². The maximum Gasteiger partial charge on any atom is 0.313 e. The normalized spacial score (nSPS) is 8.17. The van der Waals surface area contributed by atoms with Crippen LogP contribution in [0.1, 0.15) is 0 Å². The van der Waals surface area contributed by atoms with Crippen LogP contribution in [0.15, 0.2) is 0 Å². The van der Waals surface area contributed by atoms with E-state index in [4.69, 9.17) is 5.11 Å². The molecule has 35 valence electrons. The third-order valence-corrected chi connectivity index (χ3v) is 0.677. The van der Waals surface area contributed by atoms with Gasteiger partial charge in [-0.1, -0.05) is 0 Å². The van der Waals surface area contributed by atoms with Crippen molar-refractivity contribution in [2.75, 3.05) is 5.75 Å². The zero-order valence-electron chi connectivity index (χ0n) is 3.18. The minimum absolute atomic E-state index is 0.0972. The van der Waals surface area contributed by atoms with Crippen molar-refractivity contribution in [3.63, 3.8) is 0 Å². The topological polar surface area (TPSA) is 37.3 Å². The Labute approximate surface area is 40.5 Å². The van der Waals surface area contributed by atoms with E-state index in [1.807, 2.05) is 0 Å². The summed E-state index contributed by atoms with van der Waals surface area (Å²) in [4.78, 5) is 9.54. The van der Waals surface area contributed by atoms with Crippen LogP contribution in [0.5, 0.6) is 0 Å². The second-order valence-electron chi connectivity index (χ2n) is 0.742. The molecule has 0 atom stereocenters. The van der Waals surface area contributed by atoms with Crippen molar-refractivity contribution in [3.8, 4) is 0 Å². The molecule has 0 heterocycles. The Balaban J connectivity index is 2.83. The molecule has 0 aromatic carbocycles. The smallest absolute Gasteiger partial charge is 0.313 e. The molecule has 0 aromatic rings. The Kier molecular flexibility index (Phi) is 2.94. The maximum absolute atomic E-state index is 9.54. The van der Waals surface area contributed by atoms with E-state index in [0.717, 1.165) is 11.8 Å². The van der Waals surface area contributed by atoms with E-state index in [0.29, 0.717) is 0 Å². The number of rotatable bonds is 2. The first-order valence-corrected chi connectivity index (χ1v) is 2.51. The molecule has 0 aliphatic carbocycles. The molecule has 0 saturated carbocycles. The van der Waals surface area contributed by atoms with E-state index in [9.17, 15) is 4.79 Å². The van der Waals surface area contributed by atoms with Crippen LogP contribution < -0.4 is 0 Å². The van der Waals surface area contributed by atoms with Crippen molar-refractivity contribution in [3.05, 3.63) is 6.26 Å². The highest BCUT2D eigenvalue weighted by molar-refractivity contribution is 8.01. The Hall–Kier alpha value is -0.180. The molecule has 1 radical (unpaired) electrons. The molecule has 1 N–H and O–H groups in total. The number of thioether (sulfide) groups is 1. The van der Waals surface area contributed by atoms with Crippen LogP contribution in [-0.4, -0.2) is 16.8 Å². The monoisotopic (exact) mass is 105 g/mol. The maximum atomic E-state index is 9.54. The lowest BCUT2D eigenvalue weighted by atomic mass is 10.8. The average Bonchev–Trinajstić information content (AvgIpc) is 1.35. The zero-order valence-corrected chi connectivity index (χ0v) is 3.99. The molecule has 0 saturated heterocycles. The molecule has 0 aromatic heterocycles. The van der Waals surface area contributed by atoms with E-state index in [1.54, 1.807) is 0 Å². The minimum Gasteiger partial charge on any atom is -0.481 e. The van der Waals surface area contributed by atoms with Gasteiger partial charge in [-0.05, 0) is 0 Å². The molecule has 2 nitrogen and oxygen atoms in total. The summed E-state index contributed by atoms with van der Waals surface area (Å²) in [6.45, 7) is 0. The largest absolute Gasteiger partial charge is 0.481 e. The van der Waals surface area contributed by atoms with Gasteiger partial charge in [-0.15, -0.1) is 11.8 Å². The highest BCUT2D eigenvalue weighted by atomic mass is 32.2. The van der Waals surface area contributed by atoms with Gasteiger partial charge < -0.3 is 5.11 Å². The third kappa shape index (κ3) is 3.82. The van der Waals surface area contributed by atoms with E-state index in [-0.39, 0.29) is 5.75 Å². The van der Waals surface area contributed by atoms with E-state index >= 15 is 0 Å². The van der Waals surface area contributed by atoms with Gasteiger partial charge in [-0.25, -0.2) is 0 Å². The van der Waals surface area contributed by atoms with Crippen molar-refractivity contribution in [2.24, 2.45) is 0 Å². The molecule has 0 fully saturated rings. The summed E-state index contributed by atoms with van der Waals surface area (Å²) in [7, 11) is 0. The second-order valence-corrected chi connectivity index (χ2v) is 1.44. The first kappa shape index (κ1) is 5.82. The number of hydrogen-bond acceptors (Lipinski definition) is 2. The van der Waals surface area contributed by atoms with Crippen molar-refractivity contribution < 1.29 is 9.90 Å². The van der Waals surface area contributed by atoms with Crippen molar-refractivity contribution in [2.45, 2.75) is 0 Å². The van der Waals surface area contributed by atoms with Crippen LogP contribution in [0.25, 0.3) is 0 Å². The molecule has 0 aliphatic rings. The lowest BCUT2D eigenvalue weighted by molar-refractivity contribution is -0.133. The van der Waals surface area contributed by atoms with Crippen LogP contribution in [0.4, 0.5) is 0 Å². The van der Waals surface area contributed by atoms with Gasteiger partial charge in [0.25, 0.3) is 0 Å². The fraction of sp³-hybridized carbons (Fsp3) is 0.333. The Morgan fingerprint density at radius 2 is 2.50 bits per heavy atom. The average molecular weight is 105 g/mol. The molecular formula is C3H5O2S. The summed E-state index contributed by atoms with van der Waals surface area (Å²) < 4.78 is 0. The summed E-state index contributed by atoms with van der Waals surface area (Å²) in [5, 5.41) is 7.85. The van der Waals surface area contributed by atoms with Gasteiger partial charge in [0.15, 0.2) is 0 Å². The summed E-state index contributed by atoms with van der Waals surface area (Å²) in [5.74, 6) is -0.713. The standard InChI is InChI=1S/C3H5O2S/c1-6-2-3(4)5/h1-2H2,(H,4,5). The van der Waals surface area contributed by atoms with E-state index < -0.39 is 5.97 Å². The minimum atomic E-state index is -0.810. The van der Waals surface area contributed by atoms with Crippen LogP contribution in [0, 0.1) is 6.26 Å². The molecular weight excluding hydrogens is 100 g/mol. The summed E-state index contributed by atoms with van der Waals surface area (Å²) in [6, 6.07) is 0. The molecule has 6 heavy (non-hydrogen) atoms. The summed E-state index contributed by atoms with van der Waals surface area (Å²) in [6.07, 6.45) is 3.26. The fourth-order valence-corrected chi connectivity index (χ4v) is 0.262. The Morgan fingerprint density at radius 1 is 2.00 bits per heavy atom. The molecule has 3 heteroatoms. The quantitative estimate of drug-likeness (QED) is 0.558. The van der Waals surface area contributed by atoms with Gasteiger partial charge in [0.1, 0.15) is 0 Å². The molecule has 0 spiro atoms. The van der Waals surface area contributed by atoms with Crippen LogP contribution in [0.3, 0.4) is 0 Å². The molecule has 0 unspecified atom stereocenters. The predicted octanol–water partition coefficient (Wildman–Crippen LogP) is 0.596. The van der Waals surface area contributed by atoms with Crippen molar-refractivity contribution in [1.82, 2.24) is 0 Å². The third-order valence-electron chi connectivity index (χ3n) is 0.226. The highest BCUT2D eigenvalue weighted by Crippen LogP contribution is 1.90. The second kappa shape index (κ2) is 3.03. The Bertz CT molecular complexity index is 52.8. The lowest BCUT2D eigenvalue weighted by Gasteiger charge is -1.80. The van der Waals surface area contributed by atoms with Crippen molar-refractivity contribution >= 4 is 17.7 Å². The highest BCUT2D eigenvalue weighted by Gasteiger charge is 1.88. The van der Waals surface area contributed by atoms with Gasteiger partial charge in [-0.3, -0.25) is 4.79 Å². The lowest BCUT2D eigenvalue weighted by Crippen LogP contribution is -1.95. The van der Waals surface area contributed by atoms with Crippen LogP contribution in [0.2, 0.25) is 0 Å². The fourth-order valence-electron chi connectivity index (χ4n) is 0.0873. The van der Waals surface area contributed by atoms with Gasteiger partial charge in [-0.2, -0.15) is 0 Å². The van der Waals surface area contributed by atoms with E-state index in [2.05, 4.69) is 6.26 Å². The number of aliphatic carboxylic acids is 1. The number of carboxylic acid groups (broad SMARTS) is 1. The SMILES string of the molecule is [CH2]SCC(=O)O. The molecule has 0 aliphatic heterocycles. The zero-order chi connectivity index (χ0) is 4.99. The van der Waals surface area contributed by atoms with Gasteiger partial charge in [0.2, 0.25) is 0 Å². The first-order valence-electron chi connectivity index (χ1n) is 1.36. The summed E-state index contributed by atoms with van der Waals surface area (Å²) in [5.41, 5.74) is 0. The van der Waals surface area contributed by atoms with Gasteiger partial charge >= 0.3 is 5.97 Å².